The molecule has 0 radical (unpaired) electrons. The maximum atomic E-state index is 11.0. The van der Waals surface area contributed by atoms with Gasteiger partial charge >= 0.3 is 0 Å². The molecular formula is C6H6N4O. The molecule has 2 aliphatic heterocycles. The summed E-state index contributed by atoms with van der Waals surface area (Å²) in [5.41, 5.74) is 5.73. The Morgan fingerprint density at radius 2 is 2.45 bits per heavy atom. The maximum absolute atomic E-state index is 11.0. The van der Waals surface area contributed by atoms with E-state index >= 15 is 0 Å². The van der Waals surface area contributed by atoms with Crippen molar-refractivity contribution in [3.05, 3.63) is 12.3 Å². The second kappa shape index (κ2) is 1.91. The quantitative estimate of drug-likeness (QED) is 0.453. The van der Waals surface area contributed by atoms with Crippen LogP contribution < -0.4 is 11.1 Å². The highest BCUT2D eigenvalue weighted by Gasteiger charge is 2.27. The first kappa shape index (κ1) is 6.09. The van der Waals surface area contributed by atoms with Gasteiger partial charge in [-0.05, 0) is 6.08 Å². The van der Waals surface area contributed by atoms with E-state index in [0.29, 0.717) is 5.71 Å². The summed E-state index contributed by atoms with van der Waals surface area (Å²) in [6.45, 7) is 0. The van der Waals surface area contributed by atoms with Crippen LogP contribution in [-0.4, -0.2) is 23.6 Å². The topological polar surface area (TPSA) is 79.8 Å². The zero-order valence-corrected chi connectivity index (χ0v) is 5.61. The normalized spacial score (nSPS) is 27.3. The fourth-order valence-electron chi connectivity index (χ4n) is 1.03. The van der Waals surface area contributed by atoms with E-state index in [4.69, 9.17) is 5.73 Å². The molecule has 0 aromatic heterocycles. The molecule has 2 aliphatic rings. The molecule has 2 rings (SSSR count). The first-order valence-corrected chi connectivity index (χ1v) is 3.16. The summed E-state index contributed by atoms with van der Waals surface area (Å²) in [4.78, 5) is 18.8. The molecule has 0 saturated carbocycles. The number of amides is 1. The SMILES string of the molecule is NC1=NC2C=CN=C2C(=O)N1. The van der Waals surface area contributed by atoms with Crippen LogP contribution in [0.4, 0.5) is 0 Å². The summed E-state index contributed by atoms with van der Waals surface area (Å²) < 4.78 is 0. The van der Waals surface area contributed by atoms with Crippen molar-refractivity contribution in [2.45, 2.75) is 6.04 Å². The van der Waals surface area contributed by atoms with Gasteiger partial charge in [0.05, 0.1) is 0 Å². The molecule has 0 bridgehead atoms. The highest BCUT2D eigenvalue weighted by atomic mass is 16.2. The van der Waals surface area contributed by atoms with Gasteiger partial charge in [0.1, 0.15) is 11.8 Å². The number of nitrogens with zero attached hydrogens (tertiary/aromatic N) is 2. The van der Waals surface area contributed by atoms with E-state index in [9.17, 15) is 4.79 Å². The Morgan fingerprint density at radius 1 is 1.64 bits per heavy atom. The summed E-state index contributed by atoms with van der Waals surface area (Å²) in [5.74, 6) is -0.0991. The molecule has 56 valence electrons. The zero-order chi connectivity index (χ0) is 7.84. The Morgan fingerprint density at radius 3 is 3.27 bits per heavy atom. The van der Waals surface area contributed by atoms with Crippen molar-refractivity contribution in [3.63, 3.8) is 0 Å². The lowest BCUT2D eigenvalue weighted by atomic mass is 10.2. The van der Waals surface area contributed by atoms with E-state index in [-0.39, 0.29) is 17.9 Å². The van der Waals surface area contributed by atoms with E-state index in [2.05, 4.69) is 15.3 Å². The lowest BCUT2D eigenvalue weighted by molar-refractivity contribution is -0.113. The van der Waals surface area contributed by atoms with Crippen molar-refractivity contribution in [2.24, 2.45) is 15.7 Å². The average Bonchev–Trinajstić information content (AvgIpc) is 2.34. The number of carbonyl (C=O) groups is 1. The monoisotopic (exact) mass is 150 g/mol. The largest absolute Gasteiger partial charge is 0.370 e. The molecule has 11 heavy (non-hydrogen) atoms. The zero-order valence-electron chi connectivity index (χ0n) is 5.61. The van der Waals surface area contributed by atoms with Gasteiger partial charge in [0.2, 0.25) is 0 Å². The molecule has 3 N–H and O–H groups in total. The van der Waals surface area contributed by atoms with Crippen LogP contribution in [0.5, 0.6) is 0 Å². The van der Waals surface area contributed by atoms with Crippen LogP contribution in [0, 0.1) is 0 Å². The number of hydrogen-bond acceptors (Lipinski definition) is 4. The Kier molecular flexibility index (Phi) is 1.06. The van der Waals surface area contributed by atoms with Crippen LogP contribution in [0.3, 0.4) is 0 Å². The predicted molar refractivity (Wildman–Crippen MR) is 40.1 cm³/mol. The number of rotatable bonds is 0. The summed E-state index contributed by atoms with van der Waals surface area (Å²) in [5, 5.41) is 2.37. The van der Waals surface area contributed by atoms with Crippen LogP contribution in [0.25, 0.3) is 0 Å². The van der Waals surface area contributed by atoms with Gasteiger partial charge in [-0.1, -0.05) is 0 Å². The number of fused-ring (bicyclic) bond motifs is 1. The number of hydrogen-bond donors (Lipinski definition) is 2. The van der Waals surface area contributed by atoms with Gasteiger partial charge in [-0.25, -0.2) is 4.99 Å². The van der Waals surface area contributed by atoms with Gasteiger partial charge in [-0.15, -0.1) is 0 Å². The number of guanidine groups is 1. The average molecular weight is 150 g/mol. The van der Waals surface area contributed by atoms with Gasteiger partial charge in [0, 0.05) is 6.20 Å². The minimum atomic E-state index is -0.260. The molecule has 0 saturated heterocycles. The van der Waals surface area contributed by atoms with Crippen molar-refractivity contribution < 1.29 is 4.79 Å². The van der Waals surface area contributed by atoms with Crippen molar-refractivity contribution in [1.29, 1.82) is 0 Å². The minimum absolute atomic E-state index is 0.158. The van der Waals surface area contributed by atoms with E-state index in [1.165, 1.54) is 0 Å². The third kappa shape index (κ3) is 0.813. The van der Waals surface area contributed by atoms with Crippen LogP contribution in [0.2, 0.25) is 0 Å². The summed E-state index contributed by atoms with van der Waals surface area (Å²) >= 11 is 0. The van der Waals surface area contributed by atoms with E-state index < -0.39 is 0 Å². The highest BCUT2D eigenvalue weighted by Crippen LogP contribution is 2.08. The van der Waals surface area contributed by atoms with E-state index in [1.54, 1.807) is 12.3 Å². The van der Waals surface area contributed by atoms with Crippen LogP contribution in [0.15, 0.2) is 22.3 Å². The van der Waals surface area contributed by atoms with Gasteiger partial charge in [-0.3, -0.25) is 15.1 Å². The standard InChI is InChI=1S/C6H6N4O/c7-6-9-3-1-2-8-4(3)5(11)10-6/h1-3H,(H3,7,9,10,11). The number of carbonyl (C=O) groups excluding carboxylic acids is 1. The van der Waals surface area contributed by atoms with Crippen LogP contribution >= 0.6 is 0 Å². The highest BCUT2D eigenvalue weighted by molar-refractivity contribution is 6.45. The minimum Gasteiger partial charge on any atom is -0.370 e. The van der Waals surface area contributed by atoms with Crippen LogP contribution in [0.1, 0.15) is 0 Å². The molecule has 2 heterocycles. The van der Waals surface area contributed by atoms with Gasteiger partial charge in [0.15, 0.2) is 5.96 Å². The second-order valence-electron chi connectivity index (χ2n) is 2.27. The van der Waals surface area contributed by atoms with Gasteiger partial charge in [-0.2, -0.15) is 0 Å². The molecule has 0 fully saturated rings. The fraction of sp³-hybridized carbons (Fsp3) is 0.167. The van der Waals surface area contributed by atoms with Crippen molar-refractivity contribution in [3.8, 4) is 0 Å². The number of nitrogens with one attached hydrogen (secondary N) is 1. The lowest BCUT2D eigenvalue weighted by Gasteiger charge is -2.14. The van der Waals surface area contributed by atoms with Gasteiger partial charge < -0.3 is 5.73 Å². The summed E-state index contributed by atoms with van der Waals surface area (Å²) in [6, 6.07) is -0.260. The first-order chi connectivity index (χ1) is 5.27. The smallest absolute Gasteiger partial charge is 0.274 e. The second-order valence-corrected chi connectivity index (χ2v) is 2.27. The van der Waals surface area contributed by atoms with Gasteiger partial charge in [0.25, 0.3) is 5.91 Å². The predicted octanol–water partition coefficient (Wildman–Crippen LogP) is -1.23. The Bertz CT molecular complexity index is 302. The fourth-order valence-corrected chi connectivity index (χ4v) is 1.03. The molecule has 0 spiro atoms. The summed E-state index contributed by atoms with van der Waals surface area (Å²) in [6.07, 6.45) is 3.28. The third-order valence-corrected chi connectivity index (χ3v) is 1.51. The molecule has 1 atom stereocenters. The molecule has 0 aromatic carbocycles. The molecule has 0 aliphatic carbocycles. The van der Waals surface area contributed by atoms with Crippen molar-refractivity contribution in [2.75, 3.05) is 0 Å². The summed E-state index contributed by atoms with van der Waals surface area (Å²) in [7, 11) is 0. The molecular weight excluding hydrogens is 144 g/mol. The molecule has 1 unspecified atom stereocenters. The van der Waals surface area contributed by atoms with Crippen LogP contribution in [-0.2, 0) is 4.79 Å². The van der Waals surface area contributed by atoms with E-state index in [0.717, 1.165) is 0 Å². The van der Waals surface area contributed by atoms with Crippen molar-refractivity contribution in [1.82, 2.24) is 5.32 Å². The third-order valence-electron chi connectivity index (χ3n) is 1.51. The maximum Gasteiger partial charge on any atom is 0.274 e. The van der Waals surface area contributed by atoms with E-state index in [1.807, 2.05) is 0 Å². The first-order valence-electron chi connectivity index (χ1n) is 3.16. The number of aliphatic imine (C=N–C) groups is 2. The molecule has 5 heteroatoms. The molecule has 0 aromatic rings. The Balaban J connectivity index is 2.42. The Hall–Kier alpha value is -1.65. The molecule has 5 nitrogen and oxygen atoms in total. The van der Waals surface area contributed by atoms with Crippen molar-refractivity contribution >= 4 is 17.6 Å². The lowest BCUT2D eigenvalue weighted by Crippen LogP contribution is -2.48. The number of nitrogens with two attached hydrogens (primary N) is 1. The molecule has 1 amide bonds. The Labute approximate surface area is 62.7 Å².